The van der Waals surface area contributed by atoms with Gasteiger partial charge in [-0.1, -0.05) is 23.7 Å². The number of piperidine rings is 1. The molecule has 0 saturated carbocycles. The predicted molar refractivity (Wildman–Crippen MR) is 132 cm³/mol. The number of carbonyl (C=O) groups excluding carboxylic acids is 2. The van der Waals surface area contributed by atoms with E-state index in [2.05, 4.69) is 37.2 Å². The van der Waals surface area contributed by atoms with Crippen molar-refractivity contribution >= 4 is 51.1 Å². The lowest BCUT2D eigenvalue weighted by Crippen LogP contribution is -2.51. The molecule has 1 atom stereocenters. The van der Waals surface area contributed by atoms with Crippen LogP contribution in [0.4, 0.5) is 5.82 Å². The second-order valence-electron chi connectivity index (χ2n) is 8.80. The van der Waals surface area contributed by atoms with Crippen LogP contribution < -0.4 is 5.32 Å². The molecule has 1 aromatic carbocycles. The molecule has 10 heteroatoms. The van der Waals surface area contributed by atoms with Gasteiger partial charge in [0, 0.05) is 37.1 Å². The second kappa shape index (κ2) is 10.4. The van der Waals surface area contributed by atoms with Crippen LogP contribution in [0.5, 0.6) is 0 Å². The molecule has 2 aliphatic rings. The van der Waals surface area contributed by atoms with Gasteiger partial charge in [0.1, 0.15) is 16.5 Å². The number of aryl methyl sites for hydroxylation is 1. The van der Waals surface area contributed by atoms with E-state index in [0.717, 1.165) is 43.1 Å². The summed E-state index contributed by atoms with van der Waals surface area (Å²) >= 11 is 9.31. The third-order valence-electron chi connectivity index (χ3n) is 6.43. The van der Waals surface area contributed by atoms with Gasteiger partial charge in [0.2, 0.25) is 11.8 Å². The molecule has 2 aromatic rings. The molecule has 0 unspecified atom stereocenters. The molecule has 0 spiro atoms. The number of carbonyl (C=O) groups is 3. The topological polar surface area (TPSA) is 103 Å². The fraction of sp³-hybridized carbons (Fsp3) is 0.417. The number of nitrogens with one attached hydrogen (secondary N) is 1. The second-order valence-corrected chi connectivity index (χ2v) is 10.0. The van der Waals surface area contributed by atoms with E-state index in [-0.39, 0.29) is 29.2 Å². The van der Waals surface area contributed by atoms with Crippen molar-refractivity contribution in [2.24, 2.45) is 0 Å². The summed E-state index contributed by atoms with van der Waals surface area (Å²) in [5.41, 5.74) is 2.28. The van der Waals surface area contributed by atoms with E-state index < -0.39 is 12.0 Å². The maximum atomic E-state index is 13.0. The number of hydrogen-bond acceptors (Lipinski definition) is 5. The van der Waals surface area contributed by atoms with Gasteiger partial charge in [0.25, 0.3) is 0 Å². The van der Waals surface area contributed by atoms with Crippen LogP contribution in [0.2, 0.25) is 5.02 Å². The predicted octanol–water partition coefficient (Wildman–Crippen LogP) is 4.10. The largest absolute Gasteiger partial charge is 0.478 e. The Labute approximate surface area is 211 Å². The number of amides is 2. The van der Waals surface area contributed by atoms with Crippen LogP contribution in [-0.4, -0.2) is 62.8 Å². The number of carboxylic acid groups (broad SMARTS) is 1. The summed E-state index contributed by atoms with van der Waals surface area (Å²) in [5, 5.41) is 12.7. The van der Waals surface area contributed by atoms with Crippen LogP contribution in [0.25, 0.3) is 0 Å². The average molecular weight is 550 g/mol. The maximum Gasteiger partial charge on any atom is 0.335 e. The molecule has 0 aliphatic carbocycles. The molecular formula is C24H26BrClN4O4. The van der Waals surface area contributed by atoms with E-state index in [1.807, 2.05) is 19.1 Å². The van der Waals surface area contributed by atoms with Crippen molar-refractivity contribution in [3.8, 4) is 0 Å². The number of anilines is 1. The lowest BCUT2D eigenvalue weighted by molar-refractivity contribution is -0.136. The summed E-state index contributed by atoms with van der Waals surface area (Å²) in [6.45, 7) is 4.48. The quantitative estimate of drug-likeness (QED) is 0.526. The van der Waals surface area contributed by atoms with Gasteiger partial charge < -0.3 is 15.3 Å². The van der Waals surface area contributed by atoms with E-state index >= 15 is 0 Å². The molecular weight excluding hydrogens is 524 g/mol. The normalized spacial score (nSPS) is 19.4. The van der Waals surface area contributed by atoms with E-state index in [4.69, 9.17) is 11.6 Å². The van der Waals surface area contributed by atoms with Gasteiger partial charge in [-0.3, -0.25) is 14.5 Å². The Balaban J connectivity index is 1.39. The van der Waals surface area contributed by atoms with Crippen LogP contribution in [0, 0.1) is 6.92 Å². The third-order valence-corrected chi connectivity index (χ3v) is 7.26. The lowest BCUT2D eigenvalue weighted by atomic mass is 10.0. The summed E-state index contributed by atoms with van der Waals surface area (Å²) in [6, 6.07) is 8.15. The number of carboxylic acids is 1. The minimum atomic E-state index is -1.11. The Morgan fingerprint density at radius 2 is 1.94 bits per heavy atom. The Morgan fingerprint density at radius 1 is 1.21 bits per heavy atom. The smallest absolute Gasteiger partial charge is 0.335 e. The summed E-state index contributed by atoms with van der Waals surface area (Å²) < 4.78 is 0.310. The minimum Gasteiger partial charge on any atom is -0.478 e. The maximum absolute atomic E-state index is 13.0. The Kier molecular flexibility index (Phi) is 7.54. The van der Waals surface area contributed by atoms with Crippen LogP contribution in [0.1, 0.15) is 47.2 Å². The van der Waals surface area contributed by atoms with Gasteiger partial charge in [-0.2, -0.15) is 0 Å². The first-order valence-electron chi connectivity index (χ1n) is 11.2. The Morgan fingerprint density at radius 3 is 2.62 bits per heavy atom. The molecule has 2 fully saturated rings. The lowest BCUT2D eigenvalue weighted by Gasteiger charge is -2.39. The van der Waals surface area contributed by atoms with E-state index in [1.54, 1.807) is 4.90 Å². The standard InChI is InChI=1S/C24H26BrClN4O4/c1-14-10-15(2-3-18(14)26)13-29-8-6-17(7-9-29)30-19(4-5-22(30)31)23(32)28-21-12-16(24(33)34)11-20(25)27-21/h2-3,10-12,17,19H,4-9,13H2,1H3,(H,33,34)(H,27,28,32)/t19-/m1/s1. The highest BCUT2D eigenvalue weighted by Gasteiger charge is 2.41. The average Bonchev–Trinajstić information content (AvgIpc) is 3.18. The molecule has 3 heterocycles. The molecule has 180 valence electrons. The SMILES string of the molecule is Cc1cc(CN2CCC(N3C(=O)CC[C@@H]3C(=O)Nc3cc(C(=O)O)cc(Br)n3)CC2)ccc1Cl. The highest BCUT2D eigenvalue weighted by molar-refractivity contribution is 9.10. The first-order valence-corrected chi connectivity index (χ1v) is 12.4. The highest BCUT2D eigenvalue weighted by atomic mass is 79.9. The number of benzene rings is 1. The summed E-state index contributed by atoms with van der Waals surface area (Å²) in [7, 11) is 0. The van der Waals surface area contributed by atoms with Crippen LogP contribution in [-0.2, 0) is 16.1 Å². The Bertz CT molecular complexity index is 1120. The van der Waals surface area contributed by atoms with Gasteiger partial charge in [0.05, 0.1) is 5.56 Å². The van der Waals surface area contributed by atoms with Gasteiger partial charge >= 0.3 is 5.97 Å². The van der Waals surface area contributed by atoms with E-state index in [1.165, 1.54) is 17.7 Å². The molecule has 0 bridgehead atoms. The van der Waals surface area contributed by atoms with Crippen molar-refractivity contribution in [1.29, 1.82) is 0 Å². The fourth-order valence-electron chi connectivity index (χ4n) is 4.73. The zero-order valence-electron chi connectivity index (χ0n) is 18.8. The minimum absolute atomic E-state index is 0.000923. The summed E-state index contributed by atoms with van der Waals surface area (Å²) in [6.07, 6.45) is 2.35. The fourth-order valence-corrected chi connectivity index (χ4v) is 5.29. The first kappa shape index (κ1) is 24.6. The zero-order valence-corrected chi connectivity index (χ0v) is 21.1. The molecule has 8 nitrogen and oxygen atoms in total. The van der Waals surface area contributed by atoms with Crippen molar-refractivity contribution in [2.45, 2.75) is 51.2 Å². The molecule has 2 aliphatic heterocycles. The number of hydrogen-bond donors (Lipinski definition) is 2. The van der Waals surface area contributed by atoms with E-state index in [9.17, 15) is 19.5 Å². The summed E-state index contributed by atoms with van der Waals surface area (Å²) in [4.78, 5) is 45.3. The van der Waals surface area contributed by atoms with Crippen LogP contribution in [0.3, 0.4) is 0 Å². The van der Waals surface area contributed by atoms with Gasteiger partial charge in [-0.05, 0) is 71.4 Å². The Hall–Kier alpha value is -2.49. The number of halogens is 2. The van der Waals surface area contributed by atoms with Gasteiger partial charge in [0.15, 0.2) is 0 Å². The zero-order chi connectivity index (χ0) is 24.4. The third kappa shape index (κ3) is 5.59. The monoisotopic (exact) mass is 548 g/mol. The molecule has 2 saturated heterocycles. The number of rotatable bonds is 6. The molecule has 4 rings (SSSR count). The van der Waals surface area contributed by atoms with Crippen molar-refractivity contribution < 1.29 is 19.5 Å². The number of nitrogens with zero attached hydrogens (tertiary/aromatic N) is 3. The molecule has 2 amide bonds. The first-order chi connectivity index (χ1) is 16.2. The number of aromatic nitrogens is 1. The van der Waals surface area contributed by atoms with Crippen LogP contribution >= 0.6 is 27.5 Å². The van der Waals surface area contributed by atoms with Crippen molar-refractivity contribution in [2.75, 3.05) is 18.4 Å². The highest BCUT2D eigenvalue weighted by Crippen LogP contribution is 2.29. The number of likely N-dealkylation sites (tertiary alicyclic amines) is 2. The molecule has 0 radical (unpaired) electrons. The van der Waals surface area contributed by atoms with Gasteiger partial charge in [-0.15, -0.1) is 0 Å². The van der Waals surface area contributed by atoms with Crippen molar-refractivity contribution in [1.82, 2.24) is 14.8 Å². The van der Waals surface area contributed by atoms with E-state index in [0.29, 0.717) is 17.4 Å². The number of aromatic carboxylic acids is 1. The molecule has 2 N–H and O–H groups in total. The molecule has 1 aromatic heterocycles. The van der Waals surface area contributed by atoms with Crippen LogP contribution in [0.15, 0.2) is 34.9 Å². The number of pyridine rings is 1. The summed E-state index contributed by atoms with van der Waals surface area (Å²) in [5.74, 6) is -1.33. The molecule has 34 heavy (non-hydrogen) atoms. The van der Waals surface area contributed by atoms with Gasteiger partial charge in [-0.25, -0.2) is 9.78 Å². The van der Waals surface area contributed by atoms with Crippen molar-refractivity contribution in [3.05, 3.63) is 56.6 Å². The van der Waals surface area contributed by atoms with Crippen molar-refractivity contribution in [3.63, 3.8) is 0 Å².